The minimum absolute atomic E-state index is 0.643. The van der Waals surface area contributed by atoms with Gasteiger partial charge >= 0.3 is 0 Å². The van der Waals surface area contributed by atoms with E-state index in [1.165, 1.54) is 17.7 Å². The summed E-state index contributed by atoms with van der Waals surface area (Å²) in [6.07, 6.45) is 1.22. The molecule has 0 heterocycles. The first kappa shape index (κ1) is 10.7. The largest absolute Gasteiger partial charge is 0.398 e. The highest BCUT2D eigenvalue weighted by Crippen LogP contribution is 2.22. The Morgan fingerprint density at radius 2 is 2.23 bits per heavy atom. The number of hydrogen-bond acceptors (Lipinski definition) is 2. The van der Waals surface area contributed by atoms with E-state index in [9.17, 15) is 0 Å². The number of anilines is 1. The Morgan fingerprint density at radius 1 is 1.46 bits per heavy atom. The van der Waals surface area contributed by atoms with Crippen LogP contribution in [0.2, 0.25) is 5.02 Å². The summed E-state index contributed by atoms with van der Waals surface area (Å²) >= 11 is 7.73. The van der Waals surface area contributed by atoms with Gasteiger partial charge in [-0.15, -0.1) is 0 Å². The molecule has 0 aliphatic carbocycles. The first-order valence-electron chi connectivity index (χ1n) is 4.35. The van der Waals surface area contributed by atoms with Crippen molar-refractivity contribution < 1.29 is 0 Å². The topological polar surface area (TPSA) is 26.0 Å². The third-order valence-electron chi connectivity index (χ3n) is 1.68. The van der Waals surface area contributed by atoms with Crippen LogP contribution in [0.15, 0.2) is 18.2 Å². The van der Waals surface area contributed by atoms with E-state index in [0.29, 0.717) is 10.7 Å². The fourth-order valence-corrected chi connectivity index (χ4v) is 1.98. The number of nitrogen functional groups attached to an aromatic ring is 1. The SMILES string of the molecule is CCCSCc1ccc(Cl)c(N)c1. The van der Waals surface area contributed by atoms with E-state index in [4.69, 9.17) is 17.3 Å². The van der Waals surface area contributed by atoms with Gasteiger partial charge in [-0.25, -0.2) is 0 Å². The zero-order valence-electron chi connectivity index (χ0n) is 7.72. The van der Waals surface area contributed by atoms with Crippen LogP contribution in [0.1, 0.15) is 18.9 Å². The van der Waals surface area contributed by atoms with Gasteiger partial charge in [0.05, 0.1) is 10.7 Å². The molecule has 1 aromatic carbocycles. The molecule has 0 aliphatic heterocycles. The number of benzene rings is 1. The molecule has 0 saturated carbocycles. The minimum Gasteiger partial charge on any atom is -0.398 e. The summed E-state index contributed by atoms with van der Waals surface area (Å²) in [6, 6.07) is 5.84. The zero-order chi connectivity index (χ0) is 9.68. The molecule has 0 saturated heterocycles. The molecule has 13 heavy (non-hydrogen) atoms. The average Bonchev–Trinajstić information content (AvgIpc) is 2.12. The van der Waals surface area contributed by atoms with E-state index in [1.54, 1.807) is 0 Å². The van der Waals surface area contributed by atoms with Crippen LogP contribution in [0.3, 0.4) is 0 Å². The van der Waals surface area contributed by atoms with Gasteiger partial charge in [-0.1, -0.05) is 24.6 Å². The number of hydrogen-bond donors (Lipinski definition) is 1. The van der Waals surface area contributed by atoms with Crippen molar-refractivity contribution in [2.75, 3.05) is 11.5 Å². The summed E-state index contributed by atoms with van der Waals surface area (Å²) in [7, 11) is 0. The van der Waals surface area contributed by atoms with Crippen molar-refractivity contribution in [3.63, 3.8) is 0 Å². The van der Waals surface area contributed by atoms with Crippen molar-refractivity contribution in [1.82, 2.24) is 0 Å². The third kappa shape index (κ3) is 3.49. The van der Waals surface area contributed by atoms with Gasteiger partial charge in [-0.3, -0.25) is 0 Å². The van der Waals surface area contributed by atoms with Crippen LogP contribution < -0.4 is 5.73 Å². The maximum atomic E-state index is 5.81. The van der Waals surface area contributed by atoms with Gasteiger partial charge in [0, 0.05) is 5.75 Å². The average molecular weight is 216 g/mol. The van der Waals surface area contributed by atoms with Gasteiger partial charge in [0.2, 0.25) is 0 Å². The fraction of sp³-hybridized carbons (Fsp3) is 0.400. The Kier molecular flexibility index (Phi) is 4.46. The maximum absolute atomic E-state index is 5.81. The van der Waals surface area contributed by atoms with Gasteiger partial charge in [0.1, 0.15) is 0 Å². The Labute approximate surface area is 88.7 Å². The maximum Gasteiger partial charge on any atom is 0.0635 e. The molecule has 1 rings (SSSR count). The summed E-state index contributed by atoms with van der Waals surface area (Å²) < 4.78 is 0. The zero-order valence-corrected chi connectivity index (χ0v) is 9.29. The molecule has 0 bridgehead atoms. The highest BCUT2D eigenvalue weighted by Gasteiger charge is 1.97. The van der Waals surface area contributed by atoms with Crippen molar-refractivity contribution in [3.8, 4) is 0 Å². The lowest BCUT2D eigenvalue weighted by Crippen LogP contribution is -1.89. The van der Waals surface area contributed by atoms with Gasteiger partial charge in [-0.05, 0) is 29.9 Å². The monoisotopic (exact) mass is 215 g/mol. The Bertz CT molecular complexity index is 276. The van der Waals surface area contributed by atoms with E-state index in [-0.39, 0.29) is 0 Å². The molecule has 0 unspecified atom stereocenters. The van der Waals surface area contributed by atoms with E-state index >= 15 is 0 Å². The van der Waals surface area contributed by atoms with E-state index in [1.807, 2.05) is 30.0 Å². The van der Waals surface area contributed by atoms with E-state index < -0.39 is 0 Å². The van der Waals surface area contributed by atoms with E-state index in [0.717, 1.165) is 5.75 Å². The van der Waals surface area contributed by atoms with Gasteiger partial charge in [0.25, 0.3) is 0 Å². The van der Waals surface area contributed by atoms with Gasteiger partial charge < -0.3 is 5.73 Å². The molecule has 0 aliphatic rings. The number of rotatable bonds is 4. The van der Waals surface area contributed by atoms with Crippen molar-refractivity contribution in [3.05, 3.63) is 28.8 Å². The third-order valence-corrected chi connectivity index (χ3v) is 3.26. The predicted molar refractivity (Wildman–Crippen MR) is 62.3 cm³/mol. The fourth-order valence-electron chi connectivity index (χ4n) is 1.02. The summed E-state index contributed by atoms with van der Waals surface area (Å²) in [6.45, 7) is 2.18. The van der Waals surface area contributed by atoms with Crippen molar-refractivity contribution >= 4 is 29.1 Å². The smallest absolute Gasteiger partial charge is 0.0635 e. The summed E-state index contributed by atoms with van der Waals surface area (Å²) in [4.78, 5) is 0. The first-order valence-corrected chi connectivity index (χ1v) is 5.89. The molecule has 0 spiro atoms. The molecule has 1 nitrogen and oxygen atoms in total. The Balaban J connectivity index is 2.53. The molecular formula is C10H14ClNS. The van der Waals surface area contributed by atoms with Gasteiger partial charge in [0.15, 0.2) is 0 Å². The highest BCUT2D eigenvalue weighted by molar-refractivity contribution is 7.98. The summed E-state index contributed by atoms with van der Waals surface area (Å²) in [5, 5.41) is 0.643. The molecule has 0 amide bonds. The second kappa shape index (κ2) is 5.40. The first-order chi connectivity index (χ1) is 6.24. The van der Waals surface area contributed by atoms with Crippen LogP contribution in [-0.2, 0) is 5.75 Å². The van der Waals surface area contributed by atoms with Gasteiger partial charge in [-0.2, -0.15) is 11.8 Å². The molecule has 2 N–H and O–H groups in total. The number of thioether (sulfide) groups is 1. The van der Waals surface area contributed by atoms with Crippen LogP contribution in [0.4, 0.5) is 5.69 Å². The lowest BCUT2D eigenvalue weighted by Gasteiger charge is -2.03. The normalized spacial score (nSPS) is 10.3. The van der Waals surface area contributed by atoms with E-state index in [2.05, 4.69) is 6.92 Å². The van der Waals surface area contributed by atoms with Crippen LogP contribution in [0.25, 0.3) is 0 Å². The number of nitrogens with two attached hydrogens (primary N) is 1. The summed E-state index contributed by atoms with van der Waals surface area (Å²) in [5.74, 6) is 2.22. The standard InChI is InChI=1S/C10H14ClNS/c1-2-5-13-7-8-3-4-9(11)10(12)6-8/h3-4,6H,2,5,7,12H2,1H3. The second-order valence-electron chi connectivity index (χ2n) is 2.91. The second-order valence-corrected chi connectivity index (χ2v) is 4.42. The minimum atomic E-state index is 0.643. The molecule has 72 valence electrons. The predicted octanol–water partition coefficient (Wildman–Crippen LogP) is 3.57. The Morgan fingerprint density at radius 3 is 2.85 bits per heavy atom. The molecule has 0 radical (unpaired) electrons. The lowest BCUT2D eigenvalue weighted by atomic mass is 10.2. The van der Waals surface area contributed by atoms with Crippen LogP contribution in [-0.4, -0.2) is 5.75 Å². The molecule has 3 heteroatoms. The van der Waals surface area contributed by atoms with Crippen LogP contribution in [0, 0.1) is 0 Å². The highest BCUT2D eigenvalue weighted by atomic mass is 35.5. The molecule has 0 atom stereocenters. The van der Waals surface area contributed by atoms with Crippen LogP contribution >= 0.6 is 23.4 Å². The number of halogens is 1. The Hall–Kier alpha value is -0.340. The lowest BCUT2D eigenvalue weighted by molar-refractivity contribution is 1.10. The van der Waals surface area contributed by atoms with Crippen LogP contribution in [0.5, 0.6) is 0 Å². The molecule has 0 aromatic heterocycles. The molecule has 1 aromatic rings. The molecule has 0 fully saturated rings. The van der Waals surface area contributed by atoms with Crippen molar-refractivity contribution in [2.45, 2.75) is 19.1 Å². The summed E-state index contributed by atoms with van der Waals surface area (Å²) in [5.41, 5.74) is 7.61. The quantitative estimate of drug-likeness (QED) is 0.614. The molecular weight excluding hydrogens is 202 g/mol. The van der Waals surface area contributed by atoms with Crippen molar-refractivity contribution in [1.29, 1.82) is 0 Å². The van der Waals surface area contributed by atoms with Crippen molar-refractivity contribution in [2.24, 2.45) is 0 Å².